The summed E-state index contributed by atoms with van der Waals surface area (Å²) in [5, 5.41) is 11.4. The predicted molar refractivity (Wildman–Crippen MR) is 112 cm³/mol. The van der Waals surface area contributed by atoms with Crippen molar-refractivity contribution in [2.24, 2.45) is 0 Å². The number of carbonyl (C=O) groups is 1. The van der Waals surface area contributed by atoms with Crippen molar-refractivity contribution in [3.8, 4) is 0 Å². The normalized spacial score (nSPS) is 10.9. The number of aryl methyl sites for hydroxylation is 1. The number of benzene rings is 1. The lowest BCUT2D eigenvalue weighted by molar-refractivity contribution is -0.127. The molecule has 0 N–H and O–H groups in total. The van der Waals surface area contributed by atoms with E-state index in [1.165, 1.54) is 11.8 Å². The van der Waals surface area contributed by atoms with Crippen LogP contribution < -0.4 is 4.90 Å². The van der Waals surface area contributed by atoms with Gasteiger partial charge in [-0.15, -0.1) is 21.5 Å². The Balaban J connectivity index is 1.48. The molecule has 1 amide bonds. The lowest BCUT2D eigenvalue weighted by Crippen LogP contribution is -2.27. The Morgan fingerprint density at radius 3 is 2.57 bits per heavy atom. The van der Waals surface area contributed by atoms with Gasteiger partial charge in [0.25, 0.3) is 5.22 Å². The van der Waals surface area contributed by atoms with Crippen LogP contribution in [-0.4, -0.2) is 52.9 Å². The fourth-order valence-corrected chi connectivity index (χ4v) is 3.84. The van der Waals surface area contributed by atoms with Crippen LogP contribution in [-0.2, 0) is 17.8 Å². The molecule has 0 spiro atoms. The van der Waals surface area contributed by atoms with E-state index in [4.69, 9.17) is 4.42 Å². The van der Waals surface area contributed by atoms with Crippen LogP contribution in [0, 0.1) is 6.92 Å². The number of amides is 1. The summed E-state index contributed by atoms with van der Waals surface area (Å²) in [5.74, 6) is 0.773. The van der Waals surface area contributed by atoms with Gasteiger partial charge in [-0.2, -0.15) is 0 Å². The maximum atomic E-state index is 12.4. The first-order valence-electron chi connectivity index (χ1n) is 8.77. The zero-order valence-corrected chi connectivity index (χ0v) is 18.0. The Labute approximate surface area is 172 Å². The van der Waals surface area contributed by atoms with Gasteiger partial charge in [0, 0.05) is 38.8 Å². The van der Waals surface area contributed by atoms with Gasteiger partial charge in [-0.1, -0.05) is 23.9 Å². The zero-order chi connectivity index (χ0) is 20.1. The highest BCUT2D eigenvalue weighted by molar-refractivity contribution is 7.99. The molecule has 0 atom stereocenters. The monoisotopic (exact) mass is 417 g/mol. The van der Waals surface area contributed by atoms with Crippen LogP contribution in [0.3, 0.4) is 0 Å². The Kier molecular flexibility index (Phi) is 6.69. The van der Waals surface area contributed by atoms with Crippen LogP contribution in [0.15, 0.2) is 39.3 Å². The molecule has 3 aromatic rings. The highest BCUT2D eigenvalue weighted by Crippen LogP contribution is 2.19. The number of aromatic nitrogens is 3. The van der Waals surface area contributed by atoms with E-state index in [2.05, 4.69) is 15.2 Å². The molecule has 0 saturated carbocycles. The van der Waals surface area contributed by atoms with Crippen molar-refractivity contribution in [3.05, 3.63) is 51.8 Å². The van der Waals surface area contributed by atoms with E-state index in [0.29, 0.717) is 24.1 Å². The van der Waals surface area contributed by atoms with E-state index >= 15 is 0 Å². The minimum atomic E-state index is 0.0107. The molecule has 2 heterocycles. The summed E-state index contributed by atoms with van der Waals surface area (Å²) in [6.07, 6.45) is 0.509. The molecular weight excluding hydrogens is 394 g/mol. The standard InChI is InChI=1S/C19H23N5O2S2/c1-13-20-15(11-27-13)9-17-21-22-19(26-17)28-12-18(25)24(4)10-14-5-7-16(8-6-14)23(2)3/h5-8,11H,9-10,12H2,1-4H3. The summed E-state index contributed by atoms with van der Waals surface area (Å²) < 4.78 is 5.61. The van der Waals surface area contributed by atoms with Crippen molar-refractivity contribution in [1.82, 2.24) is 20.1 Å². The van der Waals surface area contributed by atoms with Crippen molar-refractivity contribution in [2.75, 3.05) is 31.8 Å². The Bertz CT molecular complexity index is 921. The molecule has 148 valence electrons. The van der Waals surface area contributed by atoms with Crippen LogP contribution >= 0.6 is 23.1 Å². The van der Waals surface area contributed by atoms with E-state index in [0.717, 1.165) is 22.0 Å². The topological polar surface area (TPSA) is 75.4 Å². The molecule has 2 aromatic heterocycles. The molecule has 9 heteroatoms. The van der Waals surface area contributed by atoms with Crippen LogP contribution in [0.5, 0.6) is 0 Å². The number of hydrogen-bond acceptors (Lipinski definition) is 8. The fourth-order valence-electron chi connectivity index (χ4n) is 2.51. The summed E-state index contributed by atoms with van der Waals surface area (Å²) in [6, 6.07) is 8.17. The number of thiazole rings is 1. The maximum absolute atomic E-state index is 12.4. The lowest BCUT2D eigenvalue weighted by atomic mass is 10.2. The second kappa shape index (κ2) is 9.20. The lowest BCUT2D eigenvalue weighted by Gasteiger charge is -2.18. The van der Waals surface area contributed by atoms with Crippen molar-refractivity contribution in [1.29, 1.82) is 0 Å². The predicted octanol–water partition coefficient (Wildman–Crippen LogP) is 3.24. The summed E-state index contributed by atoms with van der Waals surface area (Å²) in [4.78, 5) is 20.5. The SMILES string of the molecule is Cc1nc(Cc2nnc(SCC(=O)N(C)Cc3ccc(N(C)C)cc3)o2)cs1. The number of carbonyl (C=O) groups excluding carboxylic acids is 1. The third kappa shape index (κ3) is 5.56. The van der Waals surface area contributed by atoms with Crippen molar-refractivity contribution < 1.29 is 9.21 Å². The van der Waals surface area contributed by atoms with Gasteiger partial charge in [0.15, 0.2) is 0 Å². The van der Waals surface area contributed by atoms with Crippen molar-refractivity contribution >= 4 is 34.7 Å². The maximum Gasteiger partial charge on any atom is 0.277 e. The summed E-state index contributed by atoms with van der Waals surface area (Å²) in [6.45, 7) is 2.52. The molecule has 7 nitrogen and oxygen atoms in total. The van der Waals surface area contributed by atoms with Gasteiger partial charge in [-0.3, -0.25) is 4.79 Å². The van der Waals surface area contributed by atoms with Gasteiger partial charge >= 0.3 is 0 Å². The molecule has 28 heavy (non-hydrogen) atoms. The van der Waals surface area contributed by atoms with E-state index in [1.807, 2.05) is 55.6 Å². The van der Waals surface area contributed by atoms with Crippen molar-refractivity contribution in [2.45, 2.75) is 25.1 Å². The van der Waals surface area contributed by atoms with E-state index < -0.39 is 0 Å². The van der Waals surface area contributed by atoms with Crippen LogP contribution in [0.2, 0.25) is 0 Å². The molecule has 0 unspecified atom stereocenters. The molecule has 0 aliphatic carbocycles. The van der Waals surface area contributed by atoms with Crippen LogP contribution in [0.4, 0.5) is 5.69 Å². The molecule has 0 saturated heterocycles. The van der Waals surface area contributed by atoms with Gasteiger partial charge < -0.3 is 14.2 Å². The number of rotatable bonds is 8. The molecule has 0 aliphatic heterocycles. The number of thioether (sulfide) groups is 1. The van der Waals surface area contributed by atoms with Crippen molar-refractivity contribution in [3.63, 3.8) is 0 Å². The van der Waals surface area contributed by atoms with Gasteiger partial charge in [0.1, 0.15) is 0 Å². The van der Waals surface area contributed by atoms with Gasteiger partial charge in [0.05, 0.1) is 22.9 Å². The zero-order valence-electron chi connectivity index (χ0n) is 16.4. The Morgan fingerprint density at radius 1 is 1.18 bits per heavy atom. The quantitative estimate of drug-likeness (QED) is 0.521. The largest absolute Gasteiger partial charge is 0.416 e. The first-order chi connectivity index (χ1) is 13.4. The molecule has 0 radical (unpaired) electrons. The fraction of sp³-hybridized carbons (Fsp3) is 0.368. The number of nitrogens with zero attached hydrogens (tertiary/aromatic N) is 5. The number of hydrogen-bond donors (Lipinski definition) is 0. The molecule has 0 bridgehead atoms. The summed E-state index contributed by atoms with van der Waals surface area (Å²) in [5.41, 5.74) is 3.14. The smallest absolute Gasteiger partial charge is 0.277 e. The molecule has 0 aliphatic rings. The first kappa shape index (κ1) is 20.3. The second-order valence-electron chi connectivity index (χ2n) is 6.60. The molecule has 3 rings (SSSR count). The van der Waals surface area contributed by atoms with Gasteiger partial charge in [-0.05, 0) is 24.6 Å². The van der Waals surface area contributed by atoms with E-state index in [9.17, 15) is 4.79 Å². The minimum Gasteiger partial charge on any atom is -0.416 e. The third-order valence-electron chi connectivity index (χ3n) is 4.06. The van der Waals surface area contributed by atoms with Crippen LogP contribution in [0.1, 0.15) is 22.2 Å². The highest BCUT2D eigenvalue weighted by atomic mass is 32.2. The molecular formula is C19H23N5O2S2. The second-order valence-corrected chi connectivity index (χ2v) is 8.58. The molecule has 0 fully saturated rings. The van der Waals surface area contributed by atoms with E-state index in [-0.39, 0.29) is 11.7 Å². The summed E-state index contributed by atoms with van der Waals surface area (Å²) >= 11 is 2.85. The third-order valence-corrected chi connectivity index (χ3v) is 5.69. The minimum absolute atomic E-state index is 0.0107. The summed E-state index contributed by atoms with van der Waals surface area (Å²) in [7, 11) is 5.80. The highest BCUT2D eigenvalue weighted by Gasteiger charge is 2.14. The average Bonchev–Trinajstić information content (AvgIpc) is 3.29. The first-order valence-corrected chi connectivity index (χ1v) is 10.6. The number of anilines is 1. The van der Waals surface area contributed by atoms with Crippen LogP contribution in [0.25, 0.3) is 0 Å². The van der Waals surface area contributed by atoms with E-state index in [1.54, 1.807) is 23.3 Å². The Morgan fingerprint density at radius 2 is 1.93 bits per heavy atom. The van der Waals surface area contributed by atoms with Gasteiger partial charge in [-0.25, -0.2) is 4.98 Å². The van der Waals surface area contributed by atoms with Gasteiger partial charge in [0.2, 0.25) is 11.8 Å². The molecule has 1 aromatic carbocycles. The Hall–Kier alpha value is -2.39. The average molecular weight is 418 g/mol.